The van der Waals surface area contributed by atoms with E-state index in [2.05, 4.69) is 4.74 Å². The first-order valence-electron chi connectivity index (χ1n) is 5.09. The van der Waals surface area contributed by atoms with E-state index >= 15 is 0 Å². The first-order valence-corrected chi connectivity index (χ1v) is 5.09. The highest BCUT2D eigenvalue weighted by molar-refractivity contribution is 5.69. The van der Waals surface area contributed by atoms with Crippen molar-refractivity contribution in [2.75, 3.05) is 6.61 Å². The third-order valence-electron chi connectivity index (χ3n) is 2.22. The van der Waals surface area contributed by atoms with Gasteiger partial charge in [-0.15, -0.1) is 0 Å². The van der Waals surface area contributed by atoms with Crippen LogP contribution in [0.15, 0.2) is 0 Å². The van der Waals surface area contributed by atoms with Crippen LogP contribution in [-0.2, 0) is 16.0 Å². The molecule has 0 aliphatic rings. The topological polar surface area (TPSA) is 46.5 Å². The number of benzene rings is 1. The van der Waals surface area contributed by atoms with E-state index in [9.17, 15) is 22.4 Å². The second kappa shape index (κ2) is 5.70. The molecule has 100 valence electrons. The number of aromatic hydroxyl groups is 1. The molecule has 0 fully saturated rings. The summed E-state index contributed by atoms with van der Waals surface area (Å²) < 4.78 is 56.9. The molecule has 1 rings (SSSR count). The number of carbonyl (C=O) groups is 1. The summed E-state index contributed by atoms with van der Waals surface area (Å²) in [4.78, 5) is 11.0. The molecule has 0 unspecified atom stereocenters. The molecule has 7 heteroatoms. The summed E-state index contributed by atoms with van der Waals surface area (Å²) in [6, 6.07) is 0. The predicted octanol–water partition coefficient (Wildman–Crippen LogP) is 2.44. The number of hydrogen-bond donors (Lipinski definition) is 1. The van der Waals surface area contributed by atoms with Gasteiger partial charge in [0.05, 0.1) is 6.61 Å². The van der Waals surface area contributed by atoms with Gasteiger partial charge in [0, 0.05) is 12.0 Å². The highest BCUT2D eigenvalue weighted by atomic mass is 19.2. The van der Waals surface area contributed by atoms with E-state index in [0.717, 1.165) is 0 Å². The van der Waals surface area contributed by atoms with Crippen molar-refractivity contribution in [1.82, 2.24) is 0 Å². The zero-order valence-electron chi connectivity index (χ0n) is 9.40. The number of hydrogen-bond acceptors (Lipinski definition) is 3. The molecule has 0 spiro atoms. The Balaban J connectivity index is 2.99. The summed E-state index contributed by atoms with van der Waals surface area (Å²) >= 11 is 0. The summed E-state index contributed by atoms with van der Waals surface area (Å²) in [7, 11) is 0. The molecular formula is C11H10F4O3. The molecule has 0 bridgehead atoms. The lowest BCUT2D eigenvalue weighted by Gasteiger charge is -2.08. The molecule has 1 aromatic rings. The van der Waals surface area contributed by atoms with E-state index in [1.165, 1.54) is 0 Å². The van der Waals surface area contributed by atoms with E-state index in [1.54, 1.807) is 6.92 Å². The molecule has 0 heterocycles. The Kier molecular flexibility index (Phi) is 4.52. The van der Waals surface area contributed by atoms with Crippen molar-refractivity contribution in [1.29, 1.82) is 0 Å². The average Bonchev–Trinajstić information content (AvgIpc) is 2.34. The highest BCUT2D eigenvalue weighted by Crippen LogP contribution is 2.29. The van der Waals surface area contributed by atoms with E-state index in [1.807, 2.05) is 0 Å². The Morgan fingerprint density at radius 3 is 2.06 bits per heavy atom. The number of ether oxygens (including phenoxy) is 1. The van der Waals surface area contributed by atoms with Gasteiger partial charge in [-0.05, 0) is 13.3 Å². The smallest absolute Gasteiger partial charge is 0.306 e. The number of esters is 1. The predicted molar refractivity (Wildman–Crippen MR) is 52.9 cm³/mol. The summed E-state index contributed by atoms with van der Waals surface area (Å²) in [5, 5.41) is 8.73. The maximum Gasteiger partial charge on any atom is 0.306 e. The number of phenols is 1. The van der Waals surface area contributed by atoms with Gasteiger partial charge < -0.3 is 9.84 Å². The molecule has 0 atom stereocenters. The zero-order chi connectivity index (χ0) is 13.9. The van der Waals surface area contributed by atoms with Crippen LogP contribution in [0.1, 0.15) is 18.9 Å². The summed E-state index contributed by atoms with van der Waals surface area (Å²) in [5.74, 6) is -9.65. The highest BCUT2D eigenvalue weighted by Gasteiger charge is 2.25. The van der Waals surface area contributed by atoms with Gasteiger partial charge in [0.15, 0.2) is 17.4 Å². The van der Waals surface area contributed by atoms with Crippen molar-refractivity contribution < 1.29 is 32.2 Å². The van der Waals surface area contributed by atoms with Gasteiger partial charge in [-0.3, -0.25) is 4.79 Å². The van der Waals surface area contributed by atoms with Gasteiger partial charge in [0.25, 0.3) is 0 Å². The van der Waals surface area contributed by atoms with Crippen LogP contribution in [-0.4, -0.2) is 17.7 Å². The molecule has 0 aliphatic carbocycles. The third kappa shape index (κ3) is 2.72. The summed E-state index contributed by atoms with van der Waals surface area (Å²) in [5.41, 5.74) is -0.934. The largest absolute Gasteiger partial charge is 0.503 e. The van der Waals surface area contributed by atoms with Crippen LogP contribution in [0.3, 0.4) is 0 Å². The van der Waals surface area contributed by atoms with Crippen molar-refractivity contribution in [3.05, 3.63) is 28.8 Å². The minimum Gasteiger partial charge on any atom is -0.503 e. The summed E-state index contributed by atoms with van der Waals surface area (Å²) in [6.07, 6.45) is -0.990. The maximum atomic E-state index is 13.2. The van der Waals surface area contributed by atoms with Crippen LogP contribution >= 0.6 is 0 Å². The molecule has 18 heavy (non-hydrogen) atoms. The van der Waals surface area contributed by atoms with Crippen LogP contribution in [0.4, 0.5) is 17.6 Å². The Morgan fingerprint density at radius 2 is 1.61 bits per heavy atom. The van der Waals surface area contributed by atoms with Crippen LogP contribution in [0.5, 0.6) is 5.75 Å². The molecule has 1 aromatic carbocycles. The molecule has 1 N–H and O–H groups in total. The van der Waals surface area contributed by atoms with E-state index in [-0.39, 0.29) is 6.61 Å². The van der Waals surface area contributed by atoms with Crippen molar-refractivity contribution in [2.45, 2.75) is 19.8 Å². The third-order valence-corrected chi connectivity index (χ3v) is 2.22. The van der Waals surface area contributed by atoms with E-state index in [4.69, 9.17) is 5.11 Å². The Labute approximate surface area is 100.0 Å². The monoisotopic (exact) mass is 266 g/mol. The average molecular weight is 266 g/mol. The van der Waals surface area contributed by atoms with Gasteiger partial charge in [-0.2, -0.15) is 8.78 Å². The number of rotatable bonds is 4. The fraction of sp³-hybridized carbons (Fsp3) is 0.364. The Hall–Kier alpha value is -1.79. The molecule has 0 saturated heterocycles. The Bertz CT molecular complexity index is 445. The quantitative estimate of drug-likeness (QED) is 0.517. The van der Waals surface area contributed by atoms with Gasteiger partial charge in [0.2, 0.25) is 11.6 Å². The van der Waals surface area contributed by atoms with E-state index in [0.29, 0.717) is 0 Å². The van der Waals surface area contributed by atoms with Gasteiger partial charge in [-0.25, -0.2) is 8.78 Å². The van der Waals surface area contributed by atoms with Crippen LogP contribution < -0.4 is 0 Å². The molecule has 0 amide bonds. The molecular weight excluding hydrogens is 256 g/mol. The first kappa shape index (κ1) is 14.3. The number of halogens is 4. The minimum absolute atomic E-state index is 0.0854. The lowest BCUT2D eigenvalue weighted by molar-refractivity contribution is -0.143. The van der Waals surface area contributed by atoms with Crippen molar-refractivity contribution in [2.24, 2.45) is 0 Å². The zero-order valence-corrected chi connectivity index (χ0v) is 9.40. The molecule has 0 radical (unpaired) electrons. The van der Waals surface area contributed by atoms with E-state index < -0.39 is 53.4 Å². The van der Waals surface area contributed by atoms with Crippen molar-refractivity contribution in [3.8, 4) is 5.75 Å². The number of phenolic OH excluding ortho intramolecular Hbond substituents is 1. The maximum absolute atomic E-state index is 13.2. The van der Waals surface area contributed by atoms with Crippen LogP contribution in [0, 0.1) is 23.3 Å². The van der Waals surface area contributed by atoms with Crippen LogP contribution in [0.2, 0.25) is 0 Å². The van der Waals surface area contributed by atoms with Crippen molar-refractivity contribution >= 4 is 5.97 Å². The number of carbonyl (C=O) groups excluding carboxylic acids is 1. The Morgan fingerprint density at radius 1 is 1.11 bits per heavy atom. The first-order chi connectivity index (χ1) is 8.40. The SMILES string of the molecule is CCOC(=O)CCc1c(F)c(F)c(O)c(F)c1F. The van der Waals surface area contributed by atoms with Gasteiger partial charge in [-0.1, -0.05) is 0 Å². The normalized spacial score (nSPS) is 10.5. The summed E-state index contributed by atoms with van der Waals surface area (Å²) in [6.45, 7) is 1.63. The minimum atomic E-state index is -1.88. The molecule has 0 aliphatic heterocycles. The second-order valence-electron chi connectivity index (χ2n) is 3.39. The second-order valence-corrected chi connectivity index (χ2v) is 3.39. The van der Waals surface area contributed by atoms with Gasteiger partial charge in [0.1, 0.15) is 0 Å². The molecule has 0 aromatic heterocycles. The fourth-order valence-corrected chi connectivity index (χ4v) is 1.35. The standard InChI is InChI=1S/C11H10F4O3/c1-2-18-6(16)4-3-5-7(12)9(14)11(17)10(15)8(5)13/h17H,2-4H2,1H3. The fourth-order valence-electron chi connectivity index (χ4n) is 1.35. The van der Waals surface area contributed by atoms with Crippen molar-refractivity contribution in [3.63, 3.8) is 0 Å². The van der Waals surface area contributed by atoms with Gasteiger partial charge >= 0.3 is 5.97 Å². The lowest BCUT2D eigenvalue weighted by atomic mass is 10.1. The van der Waals surface area contributed by atoms with Crippen LogP contribution in [0.25, 0.3) is 0 Å². The molecule has 0 saturated carbocycles. The molecule has 3 nitrogen and oxygen atoms in total. The lowest BCUT2D eigenvalue weighted by Crippen LogP contribution is -2.09.